The van der Waals surface area contributed by atoms with Crippen LogP contribution in [0.1, 0.15) is 25.3 Å². The first-order valence-corrected chi connectivity index (χ1v) is 11.2. The van der Waals surface area contributed by atoms with E-state index in [1.54, 1.807) is 11.8 Å². The van der Waals surface area contributed by atoms with Crippen molar-refractivity contribution >= 4 is 23.5 Å². The van der Waals surface area contributed by atoms with Crippen molar-refractivity contribution < 1.29 is 0 Å². The molecule has 1 aromatic heterocycles. The van der Waals surface area contributed by atoms with E-state index in [4.69, 9.17) is 4.98 Å². The molecule has 0 aliphatic carbocycles. The highest BCUT2D eigenvalue weighted by molar-refractivity contribution is 8.15. The van der Waals surface area contributed by atoms with Crippen LogP contribution < -0.4 is 0 Å². The van der Waals surface area contributed by atoms with Gasteiger partial charge in [-0.2, -0.15) is 17.0 Å². The number of nitrogens with zero attached hydrogens (tertiary/aromatic N) is 2. The summed E-state index contributed by atoms with van der Waals surface area (Å²) in [5, 5.41) is 11.6. The van der Waals surface area contributed by atoms with Crippen molar-refractivity contribution in [2.45, 2.75) is 24.8 Å². The number of nitriles is 1. The first-order valence-electron chi connectivity index (χ1n) is 9.10. The van der Waals surface area contributed by atoms with E-state index in [2.05, 4.69) is 37.3 Å². The second-order valence-electron chi connectivity index (χ2n) is 6.10. The third-order valence-corrected chi connectivity index (χ3v) is 6.46. The fraction of sp³-hybridized carbons (Fsp3) is 0.217. The van der Waals surface area contributed by atoms with Gasteiger partial charge in [0.1, 0.15) is 11.1 Å². The highest BCUT2D eigenvalue weighted by Gasteiger charge is 2.15. The molecule has 0 aliphatic rings. The summed E-state index contributed by atoms with van der Waals surface area (Å²) in [6.45, 7) is 2.21. The molecule has 136 valence electrons. The topological polar surface area (TPSA) is 36.7 Å². The van der Waals surface area contributed by atoms with Crippen molar-refractivity contribution in [1.82, 2.24) is 4.98 Å². The van der Waals surface area contributed by atoms with E-state index in [1.807, 2.05) is 54.2 Å². The van der Waals surface area contributed by atoms with Crippen molar-refractivity contribution in [3.05, 3.63) is 72.3 Å². The smallest absolute Gasteiger partial charge is 0.116 e. The van der Waals surface area contributed by atoms with Gasteiger partial charge in [-0.15, -0.1) is 0 Å². The van der Waals surface area contributed by atoms with E-state index in [0.717, 1.165) is 38.2 Å². The molecule has 0 atom stereocenters. The Balaban J connectivity index is 2.01. The molecule has 0 bridgehead atoms. The Labute approximate surface area is 170 Å². The number of aromatic nitrogens is 1. The Kier molecular flexibility index (Phi) is 7.38. The van der Waals surface area contributed by atoms with Gasteiger partial charge in [-0.25, -0.2) is 4.98 Å². The molecule has 1 heterocycles. The number of unbranched alkanes of at least 4 members (excludes halogenated alkanes) is 1. The van der Waals surface area contributed by atoms with Crippen molar-refractivity contribution in [2.75, 3.05) is 10.8 Å². The van der Waals surface area contributed by atoms with E-state index in [0.29, 0.717) is 5.56 Å². The molecule has 0 N–H and O–H groups in total. The number of benzene rings is 2. The molecule has 27 heavy (non-hydrogen) atoms. The normalized spacial score (nSPS) is 10.5. The van der Waals surface area contributed by atoms with Gasteiger partial charge in [-0.1, -0.05) is 85.8 Å². The quantitative estimate of drug-likeness (QED) is 0.239. The number of thioether (sulfide) groups is 2. The number of rotatable bonds is 8. The molecular weight excluding hydrogens is 368 g/mol. The third kappa shape index (κ3) is 5.15. The van der Waals surface area contributed by atoms with Gasteiger partial charge in [0, 0.05) is 16.2 Å². The van der Waals surface area contributed by atoms with Crippen LogP contribution in [-0.4, -0.2) is 15.8 Å². The summed E-state index contributed by atoms with van der Waals surface area (Å²) in [6.07, 6.45) is 2.43. The lowest BCUT2D eigenvalue weighted by Crippen LogP contribution is -1.96. The van der Waals surface area contributed by atoms with Gasteiger partial charge in [0.15, 0.2) is 0 Å². The van der Waals surface area contributed by atoms with Gasteiger partial charge in [-0.05, 0) is 23.8 Å². The number of hydrogen-bond acceptors (Lipinski definition) is 4. The minimum Gasteiger partial charge on any atom is -0.240 e. The lowest BCUT2D eigenvalue weighted by Gasteiger charge is -2.12. The van der Waals surface area contributed by atoms with E-state index in [1.165, 1.54) is 12.8 Å². The van der Waals surface area contributed by atoms with Gasteiger partial charge in [-0.3, -0.25) is 0 Å². The maximum absolute atomic E-state index is 9.85. The molecular formula is C23H22N2S2. The average molecular weight is 391 g/mol. The third-order valence-electron chi connectivity index (χ3n) is 4.17. The summed E-state index contributed by atoms with van der Waals surface area (Å²) in [5.41, 5.74) is 4.65. The predicted molar refractivity (Wildman–Crippen MR) is 118 cm³/mol. The van der Waals surface area contributed by atoms with Gasteiger partial charge in [0.2, 0.25) is 0 Å². The molecule has 0 radical (unpaired) electrons. The van der Waals surface area contributed by atoms with Crippen LogP contribution in [0.3, 0.4) is 0 Å². The average Bonchev–Trinajstić information content (AvgIpc) is 2.74. The van der Waals surface area contributed by atoms with Crippen LogP contribution in [0, 0.1) is 11.3 Å². The van der Waals surface area contributed by atoms with Gasteiger partial charge < -0.3 is 0 Å². The van der Waals surface area contributed by atoms with Crippen molar-refractivity contribution in [1.29, 1.82) is 5.26 Å². The highest BCUT2D eigenvalue weighted by atomic mass is 32.2. The molecule has 0 saturated carbocycles. The fourth-order valence-corrected chi connectivity index (χ4v) is 4.95. The zero-order valence-electron chi connectivity index (χ0n) is 15.4. The molecule has 0 aliphatic heterocycles. The predicted octanol–water partition coefficient (Wildman–Crippen LogP) is 6.87. The minimum atomic E-state index is 0.668. The van der Waals surface area contributed by atoms with Crippen LogP contribution >= 0.6 is 23.5 Å². The maximum Gasteiger partial charge on any atom is 0.116 e. The monoisotopic (exact) mass is 390 g/mol. The Morgan fingerprint density at radius 1 is 0.963 bits per heavy atom. The Morgan fingerprint density at radius 3 is 2.26 bits per heavy atom. The second kappa shape index (κ2) is 10.2. The largest absolute Gasteiger partial charge is 0.240 e. The van der Waals surface area contributed by atoms with Crippen LogP contribution in [0.4, 0.5) is 0 Å². The first-order chi connectivity index (χ1) is 13.3. The van der Waals surface area contributed by atoms with Crippen molar-refractivity contribution in [3.8, 4) is 28.5 Å². The minimum absolute atomic E-state index is 0.668. The number of hydrogen-bond donors (Lipinski definition) is 0. The van der Waals surface area contributed by atoms with Gasteiger partial charge in [0.05, 0.1) is 11.3 Å². The molecule has 0 spiro atoms. The first kappa shape index (κ1) is 19.5. The molecule has 3 aromatic rings. The molecule has 0 saturated heterocycles. The fourth-order valence-electron chi connectivity index (χ4n) is 2.74. The molecule has 3 rings (SSSR count). The maximum atomic E-state index is 9.85. The Bertz CT molecular complexity index is 903. The number of pyridine rings is 1. The second-order valence-corrected chi connectivity index (χ2v) is 8.54. The van der Waals surface area contributed by atoms with Crippen molar-refractivity contribution in [2.24, 2.45) is 0 Å². The lowest BCUT2D eigenvalue weighted by atomic mass is 9.99. The van der Waals surface area contributed by atoms with Crippen LogP contribution in [0.25, 0.3) is 22.4 Å². The van der Waals surface area contributed by atoms with Crippen LogP contribution in [0.5, 0.6) is 0 Å². The zero-order chi connectivity index (χ0) is 18.9. The summed E-state index contributed by atoms with van der Waals surface area (Å²) in [5.74, 6) is 1.15. The Hall–Kier alpha value is -2.22. The van der Waals surface area contributed by atoms with Gasteiger partial charge >= 0.3 is 0 Å². The highest BCUT2D eigenvalue weighted by Crippen LogP contribution is 2.35. The summed E-state index contributed by atoms with van der Waals surface area (Å²) >= 11 is 3.58. The molecule has 0 amide bonds. The summed E-state index contributed by atoms with van der Waals surface area (Å²) in [4.78, 5) is 4.84. The van der Waals surface area contributed by atoms with E-state index < -0.39 is 0 Å². The molecule has 0 fully saturated rings. The summed E-state index contributed by atoms with van der Waals surface area (Å²) in [6, 6.07) is 24.7. The standard InChI is InChI=1S/C23H22N2S2/c1-2-3-14-26-17-27-23-21(16-24)20(18-10-6-4-7-11-18)15-22(25-23)19-12-8-5-9-13-19/h4-13,15H,2-3,14,17H2,1H3. The van der Waals surface area contributed by atoms with E-state index in [-0.39, 0.29) is 0 Å². The molecule has 2 aromatic carbocycles. The van der Waals surface area contributed by atoms with Crippen LogP contribution in [0.15, 0.2) is 71.8 Å². The zero-order valence-corrected chi connectivity index (χ0v) is 17.0. The van der Waals surface area contributed by atoms with E-state index >= 15 is 0 Å². The molecule has 0 unspecified atom stereocenters. The SMILES string of the molecule is CCCCSCSc1nc(-c2ccccc2)cc(-c2ccccc2)c1C#N. The van der Waals surface area contributed by atoms with Gasteiger partial charge in [0.25, 0.3) is 0 Å². The molecule has 4 heteroatoms. The van der Waals surface area contributed by atoms with Crippen molar-refractivity contribution in [3.63, 3.8) is 0 Å². The summed E-state index contributed by atoms with van der Waals surface area (Å²) < 4.78 is 0. The summed E-state index contributed by atoms with van der Waals surface area (Å²) in [7, 11) is 0. The van der Waals surface area contributed by atoms with Crippen LogP contribution in [-0.2, 0) is 0 Å². The van der Waals surface area contributed by atoms with Crippen LogP contribution in [0.2, 0.25) is 0 Å². The van der Waals surface area contributed by atoms with E-state index in [9.17, 15) is 5.26 Å². The molecule has 2 nitrogen and oxygen atoms in total. The lowest BCUT2D eigenvalue weighted by molar-refractivity contribution is 0.897. The Morgan fingerprint density at radius 2 is 1.63 bits per heavy atom.